The highest BCUT2D eigenvalue weighted by atomic mass is 32.1. The smallest absolute Gasteiger partial charge is 0.278 e. The second-order valence-corrected chi connectivity index (χ2v) is 7.26. The Balaban J connectivity index is 1.79. The predicted molar refractivity (Wildman–Crippen MR) is 104 cm³/mol. The van der Waals surface area contributed by atoms with Gasteiger partial charge in [-0.3, -0.25) is 14.4 Å². The average molecular weight is 380 g/mol. The molecule has 0 radical (unpaired) electrons. The van der Waals surface area contributed by atoms with E-state index in [0.717, 1.165) is 11.3 Å². The topological polar surface area (TPSA) is 51.0 Å². The van der Waals surface area contributed by atoms with Gasteiger partial charge >= 0.3 is 0 Å². The van der Waals surface area contributed by atoms with Crippen molar-refractivity contribution in [1.29, 1.82) is 0 Å². The number of rotatable bonds is 4. The summed E-state index contributed by atoms with van der Waals surface area (Å²) in [5, 5.41) is 4.75. The lowest BCUT2D eigenvalue weighted by molar-refractivity contribution is 0.0979. The first kappa shape index (κ1) is 17.4. The molecule has 0 spiro atoms. The summed E-state index contributed by atoms with van der Waals surface area (Å²) in [5.74, 6) is -0.655. The van der Waals surface area contributed by atoms with Crippen molar-refractivity contribution >= 4 is 32.6 Å². The van der Waals surface area contributed by atoms with Gasteiger partial charge in [0.1, 0.15) is 11.3 Å². The van der Waals surface area contributed by atoms with Crippen LogP contribution in [0, 0.1) is 12.7 Å². The van der Waals surface area contributed by atoms with Gasteiger partial charge in [0.25, 0.3) is 5.91 Å². The fraction of sp³-hybridized carbons (Fsp3) is 0.150. The minimum absolute atomic E-state index is 0.262. The van der Waals surface area contributed by atoms with Crippen molar-refractivity contribution in [2.24, 2.45) is 7.05 Å². The Labute approximate surface area is 159 Å². The fourth-order valence-corrected chi connectivity index (χ4v) is 3.79. The lowest BCUT2D eigenvalue weighted by atomic mass is 10.2. The maximum absolute atomic E-state index is 14.1. The van der Waals surface area contributed by atoms with Crippen LogP contribution in [-0.2, 0) is 13.6 Å². The summed E-state index contributed by atoms with van der Waals surface area (Å²) in [6.45, 7) is 2.22. The van der Waals surface area contributed by atoms with Gasteiger partial charge < -0.3 is 0 Å². The Morgan fingerprint density at radius 3 is 2.63 bits per heavy atom. The molecule has 27 heavy (non-hydrogen) atoms. The summed E-state index contributed by atoms with van der Waals surface area (Å²) in [6.07, 6.45) is 0. The van der Waals surface area contributed by atoms with Crippen LogP contribution >= 0.6 is 11.3 Å². The number of thiazole rings is 1. The van der Waals surface area contributed by atoms with Gasteiger partial charge in [0.15, 0.2) is 10.8 Å². The third-order valence-corrected chi connectivity index (χ3v) is 5.39. The van der Waals surface area contributed by atoms with Crippen LogP contribution in [0.2, 0.25) is 0 Å². The molecule has 2 heterocycles. The number of nitrogens with zero attached hydrogens (tertiary/aromatic N) is 4. The van der Waals surface area contributed by atoms with Crippen molar-refractivity contribution in [2.75, 3.05) is 4.90 Å². The summed E-state index contributed by atoms with van der Waals surface area (Å²) in [5.41, 5.74) is 2.46. The molecule has 5 nitrogen and oxygen atoms in total. The molecule has 4 rings (SSSR count). The minimum atomic E-state index is -0.393. The van der Waals surface area contributed by atoms with Gasteiger partial charge in [-0.05, 0) is 30.7 Å². The van der Waals surface area contributed by atoms with Gasteiger partial charge in [-0.2, -0.15) is 5.10 Å². The molecule has 0 aliphatic carbocycles. The van der Waals surface area contributed by atoms with Crippen LogP contribution in [0.15, 0.2) is 54.6 Å². The van der Waals surface area contributed by atoms with E-state index >= 15 is 0 Å². The summed E-state index contributed by atoms with van der Waals surface area (Å²) >= 11 is 1.29. The maximum Gasteiger partial charge on any atom is 0.280 e. The number of anilines is 1. The number of hydrogen-bond acceptors (Lipinski definition) is 4. The molecule has 2 aromatic heterocycles. The van der Waals surface area contributed by atoms with Crippen molar-refractivity contribution in [3.05, 3.63) is 77.4 Å². The molecule has 0 aliphatic heterocycles. The van der Waals surface area contributed by atoms with Crippen molar-refractivity contribution in [3.63, 3.8) is 0 Å². The molecular weight excluding hydrogens is 363 g/mol. The number of carbonyl (C=O) groups excluding carboxylic acids is 1. The van der Waals surface area contributed by atoms with Gasteiger partial charge in [-0.15, -0.1) is 0 Å². The summed E-state index contributed by atoms with van der Waals surface area (Å²) in [6, 6.07) is 16.2. The third kappa shape index (κ3) is 3.33. The van der Waals surface area contributed by atoms with E-state index in [9.17, 15) is 9.18 Å². The first-order valence-electron chi connectivity index (χ1n) is 8.44. The molecule has 7 heteroatoms. The largest absolute Gasteiger partial charge is 0.280 e. The van der Waals surface area contributed by atoms with Crippen LogP contribution in [-0.4, -0.2) is 20.7 Å². The van der Waals surface area contributed by atoms with Gasteiger partial charge in [0.2, 0.25) is 0 Å². The number of amides is 1. The molecule has 1 amide bonds. The Morgan fingerprint density at radius 1 is 1.19 bits per heavy atom. The lowest BCUT2D eigenvalue weighted by Gasteiger charge is -2.19. The molecule has 0 unspecified atom stereocenters. The number of fused-ring (bicyclic) bond motifs is 1. The Hall–Kier alpha value is -3.06. The number of hydrogen-bond donors (Lipinski definition) is 0. The van der Waals surface area contributed by atoms with Crippen LogP contribution in [0.1, 0.15) is 21.7 Å². The Kier molecular flexibility index (Phi) is 4.45. The van der Waals surface area contributed by atoms with E-state index in [4.69, 9.17) is 0 Å². The van der Waals surface area contributed by atoms with Crippen LogP contribution in [0.4, 0.5) is 9.52 Å². The summed E-state index contributed by atoms with van der Waals surface area (Å²) in [4.78, 5) is 19.2. The van der Waals surface area contributed by atoms with E-state index < -0.39 is 5.82 Å². The third-order valence-electron chi connectivity index (χ3n) is 4.35. The highest BCUT2D eigenvalue weighted by Crippen LogP contribution is 2.32. The Bertz CT molecular complexity index is 1100. The second kappa shape index (κ2) is 6.92. The summed E-state index contributed by atoms with van der Waals surface area (Å²) < 4.78 is 16.5. The number of aryl methyl sites for hydroxylation is 2. The van der Waals surface area contributed by atoms with Crippen LogP contribution < -0.4 is 4.90 Å². The van der Waals surface area contributed by atoms with Crippen molar-refractivity contribution in [3.8, 4) is 0 Å². The Morgan fingerprint density at radius 2 is 1.96 bits per heavy atom. The fourth-order valence-electron chi connectivity index (χ4n) is 2.81. The highest BCUT2D eigenvalue weighted by Gasteiger charge is 2.24. The first-order valence-corrected chi connectivity index (χ1v) is 9.26. The van der Waals surface area contributed by atoms with Crippen LogP contribution in [0.25, 0.3) is 10.2 Å². The van der Waals surface area contributed by atoms with E-state index in [1.807, 2.05) is 37.3 Å². The van der Waals surface area contributed by atoms with Crippen molar-refractivity contribution in [1.82, 2.24) is 14.8 Å². The van der Waals surface area contributed by atoms with Crippen molar-refractivity contribution < 1.29 is 9.18 Å². The number of halogens is 1. The van der Waals surface area contributed by atoms with E-state index in [1.165, 1.54) is 17.4 Å². The molecule has 0 bridgehead atoms. The zero-order valence-electron chi connectivity index (χ0n) is 14.9. The second-order valence-electron chi connectivity index (χ2n) is 6.25. The lowest BCUT2D eigenvalue weighted by Crippen LogP contribution is -2.30. The molecular formula is C20H17FN4OS. The van der Waals surface area contributed by atoms with Gasteiger partial charge in [0, 0.05) is 12.7 Å². The molecule has 0 aliphatic rings. The molecule has 0 saturated heterocycles. The molecule has 2 aromatic carbocycles. The number of carbonyl (C=O) groups is 1. The van der Waals surface area contributed by atoms with Gasteiger partial charge in [-0.25, -0.2) is 9.37 Å². The van der Waals surface area contributed by atoms with Crippen LogP contribution in [0.5, 0.6) is 0 Å². The zero-order chi connectivity index (χ0) is 19.0. The molecule has 136 valence electrons. The highest BCUT2D eigenvalue weighted by molar-refractivity contribution is 7.22. The number of para-hydroxylation sites is 1. The van der Waals surface area contributed by atoms with Crippen molar-refractivity contribution in [2.45, 2.75) is 13.5 Å². The summed E-state index contributed by atoms with van der Waals surface area (Å²) in [7, 11) is 1.79. The quantitative estimate of drug-likeness (QED) is 0.530. The maximum atomic E-state index is 14.1. The van der Waals surface area contributed by atoms with E-state index in [0.29, 0.717) is 22.1 Å². The zero-order valence-corrected chi connectivity index (χ0v) is 15.7. The first-order chi connectivity index (χ1) is 13.0. The monoisotopic (exact) mass is 380 g/mol. The standard InChI is InChI=1S/C20H17FN4OS/c1-13-11-16(23-24(13)2)19(26)25(12-14-7-4-3-5-8-14)20-22-18-15(21)9-6-10-17(18)27-20/h3-11H,12H2,1-2H3. The minimum Gasteiger partial charge on any atom is -0.278 e. The average Bonchev–Trinajstić information content (AvgIpc) is 3.25. The van der Waals surface area contributed by atoms with E-state index in [2.05, 4.69) is 10.1 Å². The number of aromatic nitrogens is 3. The molecule has 4 aromatic rings. The SMILES string of the molecule is Cc1cc(C(=O)N(Cc2ccccc2)c2nc3c(F)cccc3s2)nn1C. The molecule has 0 saturated carbocycles. The van der Waals surface area contributed by atoms with Gasteiger partial charge in [-0.1, -0.05) is 47.7 Å². The molecule has 0 fully saturated rings. The molecule has 0 atom stereocenters. The van der Waals surface area contributed by atoms with Gasteiger partial charge in [0.05, 0.1) is 11.2 Å². The van der Waals surface area contributed by atoms with E-state index in [-0.39, 0.29) is 11.4 Å². The molecule has 0 N–H and O–H groups in total. The number of benzene rings is 2. The van der Waals surface area contributed by atoms with E-state index in [1.54, 1.807) is 34.8 Å². The predicted octanol–water partition coefficient (Wildman–Crippen LogP) is 4.32. The van der Waals surface area contributed by atoms with Crippen LogP contribution in [0.3, 0.4) is 0 Å². The normalized spacial score (nSPS) is 11.1.